The third kappa shape index (κ3) is 7.36. The van der Waals surface area contributed by atoms with Gasteiger partial charge in [0.2, 0.25) is 0 Å². The number of aromatic nitrogens is 1. The van der Waals surface area contributed by atoms with Crippen molar-refractivity contribution in [3.63, 3.8) is 0 Å². The summed E-state index contributed by atoms with van der Waals surface area (Å²) in [4.78, 5) is 11.4. The number of nitrogens with one attached hydrogen (secondary N) is 2. The summed E-state index contributed by atoms with van der Waals surface area (Å²) in [5.41, 5.74) is 2.60. The number of morpholine rings is 1. The van der Waals surface area contributed by atoms with E-state index < -0.39 is 0 Å². The maximum atomic E-state index is 5.46. The molecule has 2 N–H and O–H groups in total. The van der Waals surface area contributed by atoms with Crippen LogP contribution in [0.4, 0.5) is 0 Å². The summed E-state index contributed by atoms with van der Waals surface area (Å²) in [6, 6.07) is 2.09. The standard InChI is InChI=1S/C19H33N5O.HI/c1-5-21-18(22-9-7-17-6-8-20-14-16(17)2)23-15-19(3,4)24-10-12-25-13-11-24;/h6,8,14H,5,7,9-13,15H2,1-4H3,(H2,21,22,23);1H. The Balaban J connectivity index is 0.00000338. The van der Waals surface area contributed by atoms with E-state index in [1.807, 2.05) is 12.4 Å². The minimum Gasteiger partial charge on any atom is -0.379 e. The molecule has 6 nitrogen and oxygen atoms in total. The number of hydrogen-bond acceptors (Lipinski definition) is 4. The van der Waals surface area contributed by atoms with E-state index in [1.165, 1.54) is 11.1 Å². The molecule has 1 aliphatic heterocycles. The van der Waals surface area contributed by atoms with Crippen molar-refractivity contribution >= 4 is 29.9 Å². The fourth-order valence-electron chi connectivity index (χ4n) is 2.98. The fraction of sp³-hybridized carbons (Fsp3) is 0.684. The molecule has 1 fully saturated rings. The topological polar surface area (TPSA) is 61.8 Å². The van der Waals surface area contributed by atoms with Gasteiger partial charge in [0, 0.05) is 44.1 Å². The van der Waals surface area contributed by atoms with Gasteiger partial charge in [0.15, 0.2) is 5.96 Å². The van der Waals surface area contributed by atoms with Crippen LogP contribution in [0.15, 0.2) is 23.5 Å². The van der Waals surface area contributed by atoms with Crippen molar-refractivity contribution in [3.05, 3.63) is 29.6 Å². The number of halogens is 1. The number of rotatable bonds is 7. The highest BCUT2D eigenvalue weighted by Gasteiger charge is 2.28. The van der Waals surface area contributed by atoms with Crippen LogP contribution >= 0.6 is 24.0 Å². The Morgan fingerprint density at radius 3 is 2.69 bits per heavy atom. The number of pyridine rings is 1. The summed E-state index contributed by atoms with van der Waals surface area (Å²) < 4.78 is 5.46. The highest BCUT2D eigenvalue weighted by atomic mass is 127. The first-order valence-electron chi connectivity index (χ1n) is 9.27. The predicted octanol–water partition coefficient (Wildman–Crippen LogP) is 2.22. The zero-order valence-electron chi connectivity index (χ0n) is 16.5. The van der Waals surface area contributed by atoms with E-state index in [2.05, 4.69) is 54.3 Å². The van der Waals surface area contributed by atoms with Gasteiger partial charge in [-0.15, -0.1) is 24.0 Å². The van der Waals surface area contributed by atoms with Gasteiger partial charge in [0.05, 0.1) is 19.8 Å². The molecule has 7 heteroatoms. The van der Waals surface area contributed by atoms with E-state index in [-0.39, 0.29) is 29.5 Å². The molecule has 0 unspecified atom stereocenters. The normalized spacial score (nSPS) is 16.1. The average Bonchev–Trinajstić information content (AvgIpc) is 2.62. The van der Waals surface area contributed by atoms with Gasteiger partial charge in [-0.1, -0.05) is 0 Å². The zero-order chi connectivity index (χ0) is 18.1. The van der Waals surface area contributed by atoms with E-state index in [0.717, 1.165) is 58.3 Å². The summed E-state index contributed by atoms with van der Waals surface area (Å²) in [5, 5.41) is 6.79. The number of aliphatic imine (C=N–C) groups is 1. The molecule has 1 aromatic rings. The molecule has 2 heterocycles. The molecule has 1 aromatic heterocycles. The Morgan fingerprint density at radius 1 is 1.31 bits per heavy atom. The van der Waals surface area contributed by atoms with Crippen LogP contribution in [0.2, 0.25) is 0 Å². The molecule has 0 bridgehead atoms. The smallest absolute Gasteiger partial charge is 0.191 e. The molecule has 0 radical (unpaired) electrons. The van der Waals surface area contributed by atoms with Crippen molar-refractivity contribution in [2.24, 2.45) is 4.99 Å². The molecule has 1 saturated heterocycles. The molecular formula is C19H34IN5O. The van der Waals surface area contributed by atoms with Crippen molar-refractivity contribution < 1.29 is 4.74 Å². The van der Waals surface area contributed by atoms with Gasteiger partial charge < -0.3 is 15.4 Å². The first kappa shape index (κ1) is 23.1. The quantitative estimate of drug-likeness (QED) is 0.360. The molecule has 26 heavy (non-hydrogen) atoms. The lowest BCUT2D eigenvalue weighted by molar-refractivity contribution is -0.00683. The first-order chi connectivity index (χ1) is 12.0. The maximum absolute atomic E-state index is 5.46. The highest BCUT2D eigenvalue weighted by Crippen LogP contribution is 2.16. The summed E-state index contributed by atoms with van der Waals surface area (Å²) in [5.74, 6) is 0.885. The largest absolute Gasteiger partial charge is 0.379 e. The first-order valence-corrected chi connectivity index (χ1v) is 9.27. The Hall–Kier alpha value is -0.930. The van der Waals surface area contributed by atoms with Gasteiger partial charge in [-0.3, -0.25) is 14.9 Å². The average molecular weight is 475 g/mol. The summed E-state index contributed by atoms with van der Waals surface area (Å²) in [6.45, 7) is 14.8. The molecule has 0 atom stereocenters. The second-order valence-corrected chi connectivity index (χ2v) is 7.09. The van der Waals surface area contributed by atoms with E-state index >= 15 is 0 Å². The molecule has 2 rings (SSSR count). The molecule has 0 aromatic carbocycles. The Kier molecular flexibility index (Phi) is 10.4. The molecule has 0 saturated carbocycles. The van der Waals surface area contributed by atoms with Gasteiger partial charge in [-0.2, -0.15) is 0 Å². The second-order valence-electron chi connectivity index (χ2n) is 7.09. The Morgan fingerprint density at radius 2 is 2.04 bits per heavy atom. The van der Waals surface area contributed by atoms with Crippen LogP contribution in [-0.4, -0.2) is 67.3 Å². The third-order valence-electron chi connectivity index (χ3n) is 4.66. The van der Waals surface area contributed by atoms with E-state index in [0.29, 0.717) is 0 Å². The van der Waals surface area contributed by atoms with Crippen molar-refractivity contribution in [2.75, 3.05) is 45.9 Å². The van der Waals surface area contributed by atoms with Crippen molar-refractivity contribution in [2.45, 2.75) is 39.7 Å². The molecule has 1 aliphatic rings. The number of hydrogen-bond donors (Lipinski definition) is 2. The van der Waals surface area contributed by atoms with Crippen LogP contribution in [0.1, 0.15) is 31.9 Å². The van der Waals surface area contributed by atoms with Crippen LogP contribution in [0, 0.1) is 6.92 Å². The Bertz CT molecular complexity index is 559. The lowest BCUT2D eigenvalue weighted by atomic mass is 10.0. The molecule has 0 amide bonds. The summed E-state index contributed by atoms with van der Waals surface area (Å²) in [6.07, 6.45) is 4.73. The number of aryl methyl sites for hydroxylation is 1. The van der Waals surface area contributed by atoms with Crippen LogP contribution in [0.5, 0.6) is 0 Å². The van der Waals surface area contributed by atoms with E-state index in [1.54, 1.807) is 0 Å². The third-order valence-corrected chi connectivity index (χ3v) is 4.66. The summed E-state index contributed by atoms with van der Waals surface area (Å²) >= 11 is 0. The number of nitrogens with zero attached hydrogens (tertiary/aromatic N) is 3. The summed E-state index contributed by atoms with van der Waals surface area (Å²) in [7, 11) is 0. The molecule has 0 spiro atoms. The van der Waals surface area contributed by atoms with Crippen LogP contribution in [0.3, 0.4) is 0 Å². The second kappa shape index (κ2) is 11.7. The van der Waals surface area contributed by atoms with Crippen LogP contribution < -0.4 is 10.6 Å². The van der Waals surface area contributed by atoms with Crippen molar-refractivity contribution in [3.8, 4) is 0 Å². The lowest BCUT2D eigenvalue weighted by Crippen LogP contribution is -2.52. The number of ether oxygens (including phenoxy) is 1. The predicted molar refractivity (Wildman–Crippen MR) is 119 cm³/mol. The van der Waals surface area contributed by atoms with E-state index in [4.69, 9.17) is 9.73 Å². The highest BCUT2D eigenvalue weighted by molar-refractivity contribution is 14.0. The van der Waals surface area contributed by atoms with Crippen molar-refractivity contribution in [1.29, 1.82) is 0 Å². The molecule has 0 aliphatic carbocycles. The fourth-order valence-corrected chi connectivity index (χ4v) is 2.98. The lowest BCUT2D eigenvalue weighted by Gasteiger charge is -2.39. The molecular weight excluding hydrogens is 441 g/mol. The minimum absolute atomic E-state index is 0. The van der Waals surface area contributed by atoms with Crippen molar-refractivity contribution in [1.82, 2.24) is 20.5 Å². The van der Waals surface area contributed by atoms with Gasteiger partial charge in [-0.05, 0) is 51.3 Å². The van der Waals surface area contributed by atoms with Gasteiger partial charge in [-0.25, -0.2) is 0 Å². The van der Waals surface area contributed by atoms with Crippen LogP contribution in [-0.2, 0) is 11.2 Å². The Labute approximate surface area is 175 Å². The number of guanidine groups is 1. The van der Waals surface area contributed by atoms with Crippen LogP contribution in [0.25, 0.3) is 0 Å². The minimum atomic E-state index is 0. The van der Waals surface area contributed by atoms with Gasteiger partial charge in [0.1, 0.15) is 0 Å². The monoisotopic (exact) mass is 475 g/mol. The van der Waals surface area contributed by atoms with Gasteiger partial charge in [0.25, 0.3) is 0 Å². The van der Waals surface area contributed by atoms with E-state index in [9.17, 15) is 0 Å². The zero-order valence-corrected chi connectivity index (χ0v) is 18.9. The SMILES string of the molecule is CCNC(=NCC(C)(C)N1CCOCC1)NCCc1ccncc1C.I. The molecule has 148 valence electrons. The van der Waals surface area contributed by atoms with Gasteiger partial charge >= 0.3 is 0 Å². The maximum Gasteiger partial charge on any atom is 0.191 e.